The van der Waals surface area contributed by atoms with Crippen LogP contribution >= 0.6 is 22.9 Å². The number of anilines is 1. The first-order valence-electron chi connectivity index (χ1n) is 5.65. The molecular formula is C14H16ClNS. The van der Waals surface area contributed by atoms with E-state index in [-0.39, 0.29) is 6.04 Å². The number of hydrogen-bond donors (Lipinski definition) is 1. The molecule has 0 saturated heterocycles. The van der Waals surface area contributed by atoms with Crippen molar-refractivity contribution >= 4 is 28.6 Å². The van der Waals surface area contributed by atoms with E-state index in [1.54, 1.807) is 0 Å². The van der Waals surface area contributed by atoms with Crippen molar-refractivity contribution < 1.29 is 0 Å². The van der Waals surface area contributed by atoms with Gasteiger partial charge >= 0.3 is 0 Å². The highest BCUT2D eigenvalue weighted by Gasteiger charge is 2.09. The molecule has 0 amide bonds. The summed E-state index contributed by atoms with van der Waals surface area (Å²) in [6, 6.07) is 10.6. The first kappa shape index (κ1) is 12.5. The Kier molecular flexibility index (Phi) is 3.75. The van der Waals surface area contributed by atoms with Gasteiger partial charge in [-0.3, -0.25) is 0 Å². The lowest BCUT2D eigenvalue weighted by molar-refractivity contribution is 0.908. The number of hydrogen-bond acceptors (Lipinski definition) is 2. The summed E-state index contributed by atoms with van der Waals surface area (Å²) < 4.78 is 0. The van der Waals surface area contributed by atoms with E-state index >= 15 is 0 Å². The van der Waals surface area contributed by atoms with E-state index in [0.29, 0.717) is 0 Å². The topological polar surface area (TPSA) is 12.0 Å². The number of halogens is 1. The molecule has 1 unspecified atom stereocenters. The molecule has 1 aromatic heterocycles. The summed E-state index contributed by atoms with van der Waals surface area (Å²) in [6.45, 7) is 6.35. The largest absolute Gasteiger partial charge is 0.376 e. The maximum atomic E-state index is 6.17. The van der Waals surface area contributed by atoms with Gasteiger partial charge in [0.2, 0.25) is 0 Å². The zero-order valence-corrected chi connectivity index (χ0v) is 11.8. The molecule has 0 spiro atoms. The molecule has 3 heteroatoms. The van der Waals surface area contributed by atoms with Crippen molar-refractivity contribution in [2.45, 2.75) is 26.8 Å². The van der Waals surface area contributed by atoms with Crippen LogP contribution in [0.15, 0.2) is 30.3 Å². The third kappa shape index (κ3) is 3.02. The van der Waals surface area contributed by atoms with E-state index in [2.05, 4.69) is 44.3 Å². The molecular weight excluding hydrogens is 250 g/mol. The number of aryl methyl sites for hydroxylation is 2. The standard InChI is InChI=1S/C14H16ClNS/c1-9-4-6-12(15)13(8-9)16-11(3)14-7-5-10(2)17-14/h4-8,11,16H,1-3H3. The lowest BCUT2D eigenvalue weighted by atomic mass is 10.2. The van der Waals surface area contributed by atoms with Gasteiger partial charge in [0.05, 0.1) is 16.8 Å². The van der Waals surface area contributed by atoms with Crippen LogP contribution in [0.2, 0.25) is 5.02 Å². The molecule has 1 N–H and O–H groups in total. The molecule has 1 nitrogen and oxygen atoms in total. The molecule has 1 atom stereocenters. The zero-order chi connectivity index (χ0) is 12.4. The highest BCUT2D eigenvalue weighted by atomic mass is 35.5. The fourth-order valence-corrected chi connectivity index (χ4v) is 2.79. The number of benzene rings is 1. The van der Waals surface area contributed by atoms with Gasteiger partial charge < -0.3 is 5.32 Å². The van der Waals surface area contributed by atoms with Crippen LogP contribution in [0, 0.1) is 13.8 Å². The molecule has 2 rings (SSSR count). The van der Waals surface area contributed by atoms with Gasteiger partial charge in [-0.1, -0.05) is 17.7 Å². The molecule has 0 radical (unpaired) electrons. The molecule has 17 heavy (non-hydrogen) atoms. The zero-order valence-electron chi connectivity index (χ0n) is 10.3. The van der Waals surface area contributed by atoms with Crippen molar-refractivity contribution in [1.82, 2.24) is 0 Å². The second kappa shape index (κ2) is 5.11. The molecule has 0 aliphatic carbocycles. The molecule has 1 heterocycles. The SMILES string of the molecule is Cc1ccc(Cl)c(NC(C)c2ccc(C)s2)c1. The lowest BCUT2D eigenvalue weighted by Gasteiger charge is -2.15. The Hall–Kier alpha value is -0.990. The fraction of sp³-hybridized carbons (Fsp3) is 0.286. The van der Waals surface area contributed by atoms with Crippen LogP contribution < -0.4 is 5.32 Å². The highest BCUT2D eigenvalue weighted by Crippen LogP contribution is 2.29. The third-order valence-corrected chi connectivity index (χ3v) is 4.19. The molecule has 1 aromatic carbocycles. The average Bonchev–Trinajstić information content (AvgIpc) is 2.70. The van der Waals surface area contributed by atoms with E-state index in [0.717, 1.165) is 10.7 Å². The first-order chi connectivity index (χ1) is 8.06. The maximum Gasteiger partial charge on any atom is 0.0637 e. The quantitative estimate of drug-likeness (QED) is 0.805. The summed E-state index contributed by atoms with van der Waals surface area (Å²) in [4.78, 5) is 2.67. The Labute approximate surface area is 111 Å². The average molecular weight is 266 g/mol. The second-order valence-corrected chi connectivity index (χ2v) is 6.02. The smallest absolute Gasteiger partial charge is 0.0637 e. The van der Waals surface area contributed by atoms with Crippen molar-refractivity contribution in [2.24, 2.45) is 0 Å². The molecule has 0 bridgehead atoms. The van der Waals surface area contributed by atoms with Crippen LogP contribution in [0.4, 0.5) is 5.69 Å². The van der Waals surface area contributed by atoms with Gasteiger partial charge in [0.15, 0.2) is 0 Å². The van der Waals surface area contributed by atoms with Crippen LogP contribution in [0.3, 0.4) is 0 Å². The highest BCUT2D eigenvalue weighted by molar-refractivity contribution is 7.12. The third-order valence-electron chi connectivity index (χ3n) is 2.68. The molecule has 0 aliphatic heterocycles. The van der Waals surface area contributed by atoms with Gasteiger partial charge in [0.25, 0.3) is 0 Å². The van der Waals surface area contributed by atoms with E-state index in [1.165, 1.54) is 15.3 Å². The maximum absolute atomic E-state index is 6.17. The summed E-state index contributed by atoms with van der Waals surface area (Å²) >= 11 is 7.99. The van der Waals surface area contributed by atoms with Crippen LogP contribution in [0.1, 0.15) is 28.3 Å². The van der Waals surface area contributed by atoms with E-state index in [4.69, 9.17) is 11.6 Å². The van der Waals surface area contributed by atoms with Crippen molar-refractivity contribution in [3.05, 3.63) is 50.7 Å². The molecule has 0 saturated carbocycles. The summed E-state index contributed by atoms with van der Waals surface area (Å²) in [5.74, 6) is 0. The van der Waals surface area contributed by atoms with E-state index in [1.807, 2.05) is 23.5 Å². The number of thiophene rings is 1. The Morgan fingerprint density at radius 2 is 1.94 bits per heavy atom. The van der Waals surface area contributed by atoms with Crippen LogP contribution in [0.5, 0.6) is 0 Å². The predicted molar refractivity (Wildman–Crippen MR) is 77.3 cm³/mol. The number of nitrogens with one attached hydrogen (secondary N) is 1. The minimum absolute atomic E-state index is 0.285. The number of rotatable bonds is 3. The van der Waals surface area contributed by atoms with Gasteiger partial charge in [-0.05, 0) is 50.6 Å². The fourth-order valence-electron chi connectivity index (χ4n) is 1.74. The Bertz CT molecular complexity index is 519. The van der Waals surface area contributed by atoms with E-state index < -0.39 is 0 Å². The molecule has 0 fully saturated rings. The van der Waals surface area contributed by atoms with Crippen molar-refractivity contribution in [3.8, 4) is 0 Å². The normalized spacial score (nSPS) is 12.5. The van der Waals surface area contributed by atoms with Crippen LogP contribution in [0.25, 0.3) is 0 Å². The van der Waals surface area contributed by atoms with Gasteiger partial charge in [-0.2, -0.15) is 0 Å². The van der Waals surface area contributed by atoms with Crippen molar-refractivity contribution in [3.63, 3.8) is 0 Å². The summed E-state index contributed by atoms with van der Waals surface area (Å²) in [5.41, 5.74) is 2.22. The van der Waals surface area contributed by atoms with Crippen LogP contribution in [-0.2, 0) is 0 Å². The minimum Gasteiger partial charge on any atom is -0.376 e. The molecule has 2 aromatic rings. The van der Waals surface area contributed by atoms with Crippen LogP contribution in [-0.4, -0.2) is 0 Å². The van der Waals surface area contributed by atoms with Gasteiger partial charge in [-0.15, -0.1) is 11.3 Å². The summed E-state index contributed by atoms with van der Waals surface area (Å²) in [5, 5.41) is 4.23. The van der Waals surface area contributed by atoms with Gasteiger partial charge in [0, 0.05) is 9.75 Å². The molecule has 0 aliphatic rings. The van der Waals surface area contributed by atoms with Gasteiger partial charge in [-0.25, -0.2) is 0 Å². The Morgan fingerprint density at radius 1 is 1.18 bits per heavy atom. The summed E-state index contributed by atoms with van der Waals surface area (Å²) in [6.07, 6.45) is 0. The van der Waals surface area contributed by atoms with Gasteiger partial charge in [0.1, 0.15) is 0 Å². The predicted octanol–water partition coefficient (Wildman–Crippen LogP) is 5.19. The first-order valence-corrected chi connectivity index (χ1v) is 6.85. The Balaban J connectivity index is 2.18. The summed E-state index contributed by atoms with van der Waals surface area (Å²) in [7, 11) is 0. The second-order valence-electron chi connectivity index (χ2n) is 4.30. The van der Waals surface area contributed by atoms with Crippen molar-refractivity contribution in [1.29, 1.82) is 0 Å². The lowest BCUT2D eigenvalue weighted by Crippen LogP contribution is -2.05. The van der Waals surface area contributed by atoms with E-state index in [9.17, 15) is 0 Å². The van der Waals surface area contributed by atoms with Crippen molar-refractivity contribution in [2.75, 3.05) is 5.32 Å². The molecule has 90 valence electrons. The minimum atomic E-state index is 0.285. The Morgan fingerprint density at radius 3 is 2.59 bits per heavy atom. The monoisotopic (exact) mass is 265 g/mol.